The van der Waals surface area contributed by atoms with Crippen LogP contribution in [0, 0.1) is 0 Å². The maximum absolute atomic E-state index is 12.5. The summed E-state index contributed by atoms with van der Waals surface area (Å²) in [6.07, 6.45) is -1.40. The average molecular weight is 291 g/mol. The molecule has 0 aromatic carbocycles. The molecule has 1 heterocycles. The second-order valence-corrected chi connectivity index (χ2v) is 3.55. The zero-order valence-electron chi connectivity index (χ0n) is 6.20. The lowest BCUT2D eigenvalue weighted by Crippen LogP contribution is -1.96. The van der Waals surface area contributed by atoms with Gasteiger partial charge < -0.3 is 0 Å². The molecule has 0 aliphatic carbocycles. The molecule has 0 radical (unpaired) electrons. The van der Waals surface area contributed by atoms with Crippen LogP contribution in [0.25, 0.3) is 0 Å². The van der Waals surface area contributed by atoms with Gasteiger partial charge in [0.2, 0.25) is 0 Å². The van der Waals surface area contributed by atoms with Gasteiger partial charge in [0.1, 0.15) is 5.15 Å². The van der Waals surface area contributed by atoms with E-state index >= 15 is 0 Å². The minimum absolute atomic E-state index is 0.191. The van der Waals surface area contributed by atoms with E-state index in [4.69, 9.17) is 23.2 Å². The number of halogens is 5. The van der Waals surface area contributed by atoms with Gasteiger partial charge in [0.15, 0.2) is 0 Å². The lowest BCUT2D eigenvalue weighted by Gasteiger charge is -2.08. The molecular formula is C7H4BrCl2F2N. The molecule has 0 unspecified atom stereocenters. The van der Waals surface area contributed by atoms with E-state index in [0.29, 0.717) is 0 Å². The normalized spacial score (nSPS) is 10.9. The monoisotopic (exact) mass is 289 g/mol. The topological polar surface area (TPSA) is 12.9 Å². The summed E-state index contributed by atoms with van der Waals surface area (Å²) >= 11 is 14.2. The minimum Gasteiger partial charge on any atom is -0.242 e. The first-order chi connectivity index (χ1) is 6.07. The van der Waals surface area contributed by atoms with Crippen molar-refractivity contribution >= 4 is 39.1 Å². The van der Waals surface area contributed by atoms with Crippen molar-refractivity contribution in [1.82, 2.24) is 4.98 Å². The fraction of sp³-hybridized carbons (Fsp3) is 0.286. The molecule has 0 saturated heterocycles. The van der Waals surface area contributed by atoms with Gasteiger partial charge in [0.05, 0.1) is 10.6 Å². The Kier molecular flexibility index (Phi) is 3.88. The molecule has 0 saturated carbocycles. The Bertz CT molecular complexity index is 320. The summed E-state index contributed by atoms with van der Waals surface area (Å²) in [7, 11) is 0. The molecule has 1 rings (SSSR count). The van der Waals surface area contributed by atoms with Crippen LogP contribution in [-0.2, 0) is 5.33 Å². The van der Waals surface area contributed by atoms with Crippen molar-refractivity contribution in [3.63, 3.8) is 0 Å². The molecule has 0 bridgehead atoms. The van der Waals surface area contributed by atoms with Crippen molar-refractivity contribution in [2.45, 2.75) is 11.8 Å². The first-order valence-electron chi connectivity index (χ1n) is 3.24. The number of alkyl halides is 3. The highest BCUT2D eigenvalue weighted by Gasteiger charge is 2.19. The van der Waals surface area contributed by atoms with Gasteiger partial charge in [-0.2, -0.15) is 0 Å². The number of hydrogen-bond donors (Lipinski definition) is 0. The number of rotatable bonds is 2. The lowest BCUT2D eigenvalue weighted by molar-refractivity contribution is 0.150. The zero-order chi connectivity index (χ0) is 10.0. The molecule has 0 spiro atoms. The second-order valence-electron chi connectivity index (χ2n) is 2.22. The fourth-order valence-corrected chi connectivity index (χ4v) is 2.10. The minimum atomic E-state index is -2.66. The number of hydrogen-bond acceptors (Lipinski definition) is 1. The summed E-state index contributed by atoms with van der Waals surface area (Å²) < 4.78 is 24.9. The molecule has 0 aliphatic rings. The molecule has 13 heavy (non-hydrogen) atoms. The summed E-state index contributed by atoms with van der Waals surface area (Å²) in [5.41, 5.74) is -0.0114. The van der Waals surface area contributed by atoms with Crippen LogP contribution in [0.1, 0.15) is 17.6 Å². The third kappa shape index (κ3) is 2.30. The maximum atomic E-state index is 12.5. The Balaban J connectivity index is 3.35. The fourth-order valence-electron chi connectivity index (χ4n) is 0.872. The van der Waals surface area contributed by atoms with E-state index in [1.807, 2.05) is 0 Å². The summed E-state index contributed by atoms with van der Waals surface area (Å²) in [4.78, 5) is 3.54. The second kappa shape index (κ2) is 4.53. The molecule has 1 aromatic heterocycles. The van der Waals surface area contributed by atoms with Crippen LogP contribution in [0.4, 0.5) is 8.78 Å². The van der Waals surface area contributed by atoms with Gasteiger partial charge in [-0.05, 0) is 5.56 Å². The van der Waals surface area contributed by atoms with Crippen molar-refractivity contribution in [3.8, 4) is 0 Å². The van der Waals surface area contributed by atoms with Gasteiger partial charge in [-0.15, -0.1) is 0 Å². The molecule has 1 nitrogen and oxygen atoms in total. The van der Waals surface area contributed by atoms with Crippen molar-refractivity contribution in [1.29, 1.82) is 0 Å². The van der Waals surface area contributed by atoms with E-state index in [1.54, 1.807) is 0 Å². The average Bonchev–Trinajstić information content (AvgIpc) is 2.07. The third-order valence-corrected chi connectivity index (χ3v) is 2.67. The van der Waals surface area contributed by atoms with Crippen LogP contribution in [0.15, 0.2) is 6.20 Å². The van der Waals surface area contributed by atoms with Crippen LogP contribution in [0.2, 0.25) is 10.2 Å². The Hall–Kier alpha value is 0.0700. The lowest BCUT2D eigenvalue weighted by atomic mass is 10.2. The zero-order valence-corrected chi connectivity index (χ0v) is 9.30. The van der Waals surface area contributed by atoms with E-state index in [0.717, 1.165) is 0 Å². The predicted molar refractivity (Wildman–Crippen MR) is 51.8 cm³/mol. The standard InChI is InChI=1S/C7H4BrCl2F2N/c8-1-3-4(9)2-13-6(10)5(3)7(11)12/h2,7H,1H2. The molecule has 1 aromatic rings. The molecule has 0 N–H and O–H groups in total. The Morgan fingerprint density at radius 1 is 1.46 bits per heavy atom. The van der Waals surface area contributed by atoms with Crippen molar-refractivity contribution in [2.24, 2.45) is 0 Å². The Morgan fingerprint density at radius 2 is 2.08 bits per heavy atom. The van der Waals surface area contributed by atoms with Crippen molar-refractivity contribution in [3.05, 3.63) is 27.5 Å². The van der Waals surface area contributed by atoms with Gasteiger partial charge in [-0.3, -0.25) is 0 Å². The van der Waals surface area contributed by atoms with Crippen LogP contribution in [0.3, 0.4) is 0 Å². The van der Waals surface area contributed by atoms with E-state index in [2.05, 4.69) is 20.9 Å². The molecule has 72 valence electrons. The maximum Gasteiger partial charge on any atom is 0.267 e. The molecule has 0 amide bonds. The first kappa shape index (κ1) is 11.1. The van der Waals surface area contributed by atoms with Gasteiger partial charge in [0.25, 0.3) is 6.43 Å². The van der Waals surface area contributed by atoms with Crippen LogP contribution >= 0.6 is 39.1 Å². The van der Waals surface area contributed by atoms with Gasteiger partial charge >= 0.3 is 0 Å². The van der Waals surface area contributed by atoms with Gasteiger partial charge in [-0.1, -0.05) is 39.1 Å². The Labute approximate surface area is 92.2 Å². The van der Waals surface area contributed by atoms with Crippen LogP contribution in [-0.4, -0.2) is 4.98 Å². The number of pyridine rings is 1. The first-order valence-corrected chi connectivity index (χ1v) is 5.12. The van der Waals surface area contributed by atoms with E-state index < -0.39 is 6.43 Å². The SMILES string of the molecule is FC(F)c1c(Cl)ncc(Cl)c1CBr. The quantitative estimate of drug-likeness (QED) is 0.587. The van der Waals surface area contributed by atoms with Gasteiger partial charge in [0, 0.05) is 11.5 Å². The van der Waals surface area contributed by atoms with Gasteiger partial charge in [-0.25, -0.2) is 13.8 Å². The largest absolute Gasteiger partial charge is 0.267 e. The van der Waals surface area contributed by atoms with Crippen LogP contribution in [0.5, 0.6) is 0 Å². The molecule has 0 aliphatic heterocycles. The number of aromatic nitrogens is 1. The highest BCUT2D eigenvalue weighted by molar-refractivity contribution is 9.08. The molecule has 6 heteroatoms. The van der Waals surface area contributed by atoms with E-state index in [1.165, 1.54) is 6.20 Å². The smallest absolute Gasteiger partial charge is 0.242 e. The summed E-state index contributed by atoms with van der Waals surface area (Å²) in [5.74, 6) is 0. The number of nitrogens with zero attached hydrogens (tertiary/aromatic N) is 1. The third-order valence-electron chi connectivity index (χ3n) is 1.48. The van der Waals surface area contributed by atoms with Crippen molar-refractivity contribution < 1.29 is 8.78 Å². The summed E-state index contributed by atoms with van der Waals surface area (Å²) in [5, 5.41) is 0.221. The highest BCUT2D eigenvalue weighted by atomic mass is 79.9. The Morgan fingerprint density at radius 3 is 2.46 bits per heavy atom. The molecular weight excluding hydrogens is 287 g/mol. The van der Waals surface area contributed by atoms with E-state index in [-0.39, 0.29) is 26.6 Å². The van der Waals surface area contributed by atoms with E-state index in [9.17, 15) is 8.78 Å². The van der Waals surface area contributed by atoms with Crippen molar-refractivity contribution in [2.75, 3.05) is 0 Å². The predicted octanol–water partition coefficient (Wildman–Crippen LogP) is 4.22. The van der Waals surface area contributed by atoms with Crippen LogP contribution < -0.4 is 0 Å². The summed E-state index contributed by atoms with van der Waals surface area (Å²) in [6.45, 7) is 0. The molecule has 0 atom stereocenters. The summed E-state index contributed by atoms with van der Waals surface area (Å²) in [6, 6.07) is 0. The molecule has 0 fully saturated rings. The highest BCUT2D eigenvalue weighted by Crippen LogP contribution is 2.33.